The maximum Gasteiger partial charge on any atom is -0.0203 e. The van der Waals surface area contributed by atoms with E-state index in [1.165, 1.54) is 0 Å². The molecule has 0 N–H and O–H groups in total. The first-order valence-electron chi connectivity index (χ1n) is 3.91. The molecule has 0 rings (SSSR count). The Morgan fingerprint density at radius 3 is 0.900 bits per heavy atom. The quantitative estimate of drug-likeness (QED) is 0.451. The van der Waals surface area contributed by atoms with Crippen LogP contribution in [0.1, 0.15) is 41.5 Å². The summed E-state index contributed by atoms with van der Waals surface area (Å²) in [6.07, 6.45) is 4.54. The molecule has 0 aliphatic rings. The van der Waals surface area contributed by atoms with Crippen LogP contribution in [0.2, 0.25) is 0 Å². The summed E-state index contributed by atoms with van der Waals surface area (Å²) in [6, 6.07) is 0. The van der Waals surface area contributed by atoms with Crippen LogP contribution in [-0.4, -0.2) is 0 Å². The predicted octanol–water partition coefficient (Wildman–Crippen LogP) is 3.63. The molecule has 60 valence electrons. The minimum Gasteiger partial charge on any atom is -0.0826 e. The molecule has 0 amide bonds. The second-order valence-corrected chi connectivity index (χ2v) is 5.07. The lowest BCUT2D eigenvalue weighted by molar-refractivity contribution is 0.502. The molecule has 0 aromatic carbocycles. The normalized spacial score (nSPS) is 14.6. The Balaban J connectivity index is 4.01. The minimum atomic E-state index is 0.327. The van der Waals surface area contributed by atoms with Crippen LogP contribution >= 0.6 is 0 Å². The van der Waals surface area contributed by atoms with Crippen LogP contribution in [0.5, 0.6) is 0 Å². The minimum absolute atomic E-state index is 0.327. The highest BCUT2D eigenvalue weighted by atomic mass is 14.1. The lowest BCUT2D eigenvalue weighted by Gasteiger charge is -2.17. The van der Waals surface area contributed by atoms with Crippen LogP contribution in [0, 0.1) is 10.8 Å². The van der Waals surface area contributed by atoms with Gasteiger partial charge in [0.05, 0.1) is 0 Å². The molecule has 10 heavy (non-hydrogen) atoms. The SMILES string of the molecule is CC(C)(C)/C=C\C(C)(C)C. The summed E-state index contributed by atoms with van der Waals surface area (Å²) in [4.78, 5) is 0. The van der Waals surface area contributed by atoms with Gasteiger partial charge in [-0.15, -0.1) is 0 Å². The molecule has 0 nitrogen and oxygen atoms in total. The molecule has 0 aromatic rings. The molecule has 0 fully saturated rings. The van der Waals surface area contributed by atoms with E-state index in [9.17, 15) is 0 Å². The molecular formula is C10H20. The standard InChI is InChI=1S/C10H20/c1-9(2,3)7-8-10(4,5)6/h7-8H,1-6H3/b8-7-. The van der Waals surface area contributed by atoms with Gasteiger partial charge in [0, 0.05) is 0 Å². The van der Waals surface area contributed by atoms with Crippen molar-refractivity contribution in [2.75, 3.05) is 0 Å². The number of rotatable bonds is 0. The van der Waals surface area contributed by atoms with Crippen LogP contribution in [0.3, 0.4) is 0 Å². The van der Waals surface area contributed by atoms with Gasteiger partial charge < -0.3 is 0 Å². The fraction of sp³-hybridized carbons (Fsp3) is 0.800. The Hall–Kier alpha value is -0.260. The molecular weight excluding hydrogens is 120 g/mol. The van der Waals surface area contributed by atoms with Gasteiger partial charge in [0.2, 0.25) is 0 Å². The number of hydrogen-bond acceptors (Lipinski definition) is 0. The molecule has 0 aliphatic heterocycles. The maximum atomic E-state index is 2.27. The molecule has 0 unspecified atom stereocenters. The Morgan fingerprint density at radius 1 is 0.600 bits per heavy atom. The van der Waals surface area contributed by atoms with Crippen LogP contribution in [-0.2, 0) is 0 Å². The number of hydrogen-bond donors (Lipinski definition) is 0. The van der Waals surface area contributed by atoms with Crippen molar-refractivity contribution in [1.82, 2.24) is 0 Å². The van der Waals surface area contributed by atoms with Gasteiger partial charge in [-0.3, -0.25) is 0 Å². The average Bonchev–Trinajstić information content (AvgIpc) is 1.57. The average molecular weight is 140 g/mol. The fourth-order valence-corrected chi connectivity index (χ4v) is 0.500. The van der Waals surface area contributed by atoms with Gasteiger partial charge in [0.25, 0.3) is 0 Å². The third kappa shape index (κ3) is 7.74. The van der Waals surface area contributed by atoms with Gasteiger partial charge in [0.15, 0.2) is 0 Å². The van der Waals surface area contributed by atoms with Crippen molar-refractivity contribution in [2.24, 2.45) is 10.8 Å². The first kappa shape index (κ1) is 9.74. The highest BCUT2D eigenvalue weighted by Gasteiger charge is 2.08. The van der Waals surface area contributed by atoms with Crippen LogP contribution in [0.4, 0.5) is 0 Å². The lowest BCUT2D eigenvalue weighted by Crippen LogP contribution is -2.04. The van der Waals surface area contributed by atoms with Gasteiger partial charge in [-0.1, -0.05) is 53.7 Å². The largest absolute Gasteiger partial charge is 0.0826 e. The molecule has 0 spiro atoms. The maximum absolute atomic E-state index is 2.27. The van der Waals surface area contributed by atoms with E-state index < -0.39 is 0 Å². The Bertz CT molecular complexity index is 100.0. The summed E-state index contributed by atoms with van der Waals surface area (Å²) >= 11 is 0. The fourth-order valence-electron chi connectivity index (χ4n) is 0.500. The van der Waals surface area contributed by atoms with E-state index >= 15 is 0 Å². The zero-order valence-corrected chi connectivity index (χ0v) is 8.15. The Labute approximate surface area is 65.3 Å². The second kappa shape index (κ2) is 2.77. The number of allylic oxidation sites excluding steroid dienone is 2. The summed E-state index contributed by atoms with van der Waals surface area (Å²) in [5.74, 6) is 0. The van der Waals surface area contributed by atoms with E-state index in [1.54, 1.807) is 0 Å². The molecule has 0 radical (unpaired) electrons. The van der Waals surface area contributed by atoms with E-state index in [0.29, 0.717) is 10.8 Å². The molecule has 0 aromatic heterocycles. The van der Waals surface area contributed by atoms with Gasteiger partial charge in [-0.05, 0) is 10.8 Å². The summed E-state index contributed by atoms with van der Waals surface area (Å²) in [5.41, 5.74) is 0.653. The van der Waals surface area contributed by atoms with Gasteiger partial charge in [-0.2, -0.15) is 0 Å². The van der Waals surface area contributed by atoms with E-state index in [-0.39, 0.29) is 0 Å². The molecule has 0 bridgehead atoms. The Kier molecular flexibility index (Phi) is 2.70. The molecule has 0 heterocycles. The van der Waals surface area contributed by atoms with Gasteiger partial charge in [0.1, 0.15) is 0 Å². The monoisotopic (exact) mass is 140 g/mol. The van der Waals surface area contributed by atoms with Crippen molar-refractivity contribution in [3.8, 4) is 0 Å². The third-order valence-electron chi connectivity index (χ3n) is 1.08. The van der Waals surface area contributed by atoms with E-state index in [4.69, 9.17) is 0 Å². The first-order valence-corrected chi connectivity index (χ1v) is 3.91. The van der Waals surface area contributed by atoms with Gasteiger partial charge in [-0.25, -0.2) is 0 Å². The van der Waals surface area contributed by atoms with Crippen molar-refractivity contribution >= 4 is 0 Å². The molecule has 0 saturated carbocycles. The summed E-state index contributed by atoms with van der Waals surface area (Å²) in [5, 5.41) is 0. The van der Waals surface area contributed by atoms with E-state index in [0.717, 1.165) is 0 Å². The van der Waals surface area contributed by atoms with Crippen molar-refractivity contribution in [1.29, 1.82) is 0 Å². The molecule has 0 aliphatic carbocycles. The van der Waals surface area contributed by atoms with Crippen molar-refractivity contribution in [3.05, 3.63) is 12.2 Å². The van der Waals surface area contributed by atoms with Crippen LogP contribution in [0.15, 0.2) is 12.2 Å². The third-order valence-corrected chi connectivity index (χ3v) is 1.08. The molecule has 0 heteroatoms. The zero-order chi connectivity index (χ0) is 8.41. The smallest absolute Gasteiger partial charge is 0.0203 e. The summed E-state index contributed by atoms with van der Waals surface area (Å²) in [6.45, 7) is 13.3. The van der Waals surface area contributed by atoms with E-state index in [1.807, 2.05) is 0 Å². The Morgan fingerprint density at radius 2 is 0.800 bits per heavy atom. The van der Waals surface area contributed by atoms with Gasteiger partial charge >= 0.3 is 0 Å². The summed E-state index contributed by atoms with van der Waals surface area (Å²) < 4.78 is 0. The predicted molar refractivity (Wildman–Crippen MR) is 48.1 cm³/mol. The highest BCUT2D eigenvalue weighted by molar-refractivity contribution is 4.98. The topological polar surface area (TPSA) is 0 Å². The zero-order valence-electron chi connectivity index (χ0n) is 8.15. The lowest BCUT2D eigenvalue weighted by atomic mass is 9.89. The highest BCUT2D eigenvalue weighted by Crippen LogP contribution is 2.21. The van der Waals surface area contributed by atoms with Crippen molar-refractivity contribution in [2.45, 2.75) is 41.5 Å². The van der Waals surface area contributed by atoms with Crippen molar-refractivity contribution < 1.29 is 0 Å². The van der Waals surface area contributed by atoms with Crippen LogP contribution in [0.25, 0.3) is 0 Å². The molecule has 0 saturated heterocycles. The van der Waals surface area contributed by atoms with Crippen molar-refractivity contribution in [3.63, 3.8) is 0 Å². The summed E-state index contributed by atoms with van der Waals surface area (Å²) in [7, 11) is 0. The van der Waals surface area contributed by atoms with Crippen LogP contribution < -0.4 is 0 Å². The first-order chi connectivity index (χ1) is 4.21. The molecule has 0 atom stereocenters. The van der Waals surface area contributed by atoms with E-state index in [2.05, 4.69) is 53.7 Å². The second-order valence-electron chi connectivity index (χ2n) is 5.07.